The summed E-state index contributed by atoms with van der Waals surface area (Å²) in [5, 5.41) is 4.78. The fourth-order valence-electron chi connectivity index (χ4n) is 1.60. The lowest BCUT2D eigenvalue weighted by atomic mass is 10.3. The molecule has 1 aromatic rings. The van der Waals surface area contributed by atoms with Crippen molar-refractivity contribution in [3.63, 3.8) is 0 Å². The van der Waals surface area contributed by atoms with Gasteiger partial charge < -0.3 is 15.0 Å². The van der Waals surface area contributed by atoms with Gasteiger partial charge in [0, 0.05) is 6.54 Å². The minimum atomic E-state index is -0.453. The molecule has 3 N–H and O–H groups in total. The van der Waals surface area contributed by atoms with Crippen LogP contribution in [0.1, 0.15) is 6.92 Å². The summed E-state index contributed by atoms with van der Waals surface area (Å²) in [7, 11) is 1.88. The van der Waals surface area contributed by atoms with E-state index in [9.17, 15) is 9.59 Å². The summed E-state index contributed by atoms with van der Waals surface area (Å²) in [6.45, 7) is 3.71. The molecule has 0 aliphatic heterocycles. The number of benzene rings is 1. The minimum Gasteiger partial charge on any atom is -0.488 e. The molecule has 0 heterocycles. The number of likely N-dealkylation sites (N-methyl/N-ethyl adjacent to an activating group) is 1. The number of imide groups is 1. The molecule has 0 spiro atoms. The van der Waals surface area contributed by atoms with E-state index in [1.807, 2.05) is 37.4 Å². The first kappa shape index (κ1) is 16.0. The molecule has 0 radical (unpaired) electrons. The van der Waals surface area contributed by atoms with E-state index < -0.39 is 6.03 Å². The SMILES string of the molecule is CCNC(=O)NC(=O)C[NH+](C)CCOc1ccccc1. The number of amides is 3. The first-order valence-electron chi connectivity index (χ1n) is 6.68. The van der Waals surface area contributed by atoms with Gasteiger partial charge in [0.15, 0.2) is 6.54 Å². The lowest BCUT2D eigenvalue weighted by molar-refractivity contribution is -0.871. The summed E-state index contributed by atoms with van der Waals surface area (Å²) in [4.78, 5) is 23.7. The second kappa shape index (κ2) is 8.92. The Kier molecular flexibility index (Phi) is 7.13. The van der Waals surface area contributed by atoms with Crippen molar-refractivity contribution in [2.45, 2.75) is 6.92 Å². The Morgan fingerprint density at radius 3 is 2.60 bits per heavy atom. The maximum Gasteiger partial charge on any atom is 0.321 e. The maximum atomic E-state index is 11.5. The fourth-order valence-corrected chi connectivity index (χ4v) is 1.60. The molecule has 6 nitrogen and oxygen atoms in total. The third-order valence-electron chi connectivity index (χ3n) is 2.59. The van der Waals surface area contributed by atoms with Crippen molar-refractivity contribution in [2.24, 2.45) is 0 Å². The number of carbonyl (C=O) groups excluding carboxylic acids is 2. The quantitative estimate of drug-likeness (QED) is 0.626. The Morgan fingerprint density at radius 2 is 1.95 bits per heavy atom. The van der Waals surface area contributed by atoms with Gasteiger partial charge in [-0.2, -0.15) is 0 Å². The van der Waals surface area contributed by atoms with E-state index in [0.717, 1.165) is 10.6 Å². The first-order valence-corrected chi connectivity index (χ1v) is 6.68. The fraction of sp³-hybridized carbons (Fsp3) is 0.429. The molecule has 0 aliphatic rings. The molecule has 1 atom stereocenters. The van der Waals surface area contributed by atoms with Crippen LogP contribution in [-0.4, -0.2) is 45.2 Å². The third-order valence-corrected chi connectivity index (χ3v) is 2.59. The molecule has 3 amide bonds. The monoisotopic (exact) mass is 280 g/mol. The number of hydrogen-bond acceptors (Lipinski definition) is 3. The largest absolute Gasteiger partial charge is 0.488 e. The van der Waals surface area contributed by atoms with Crippen LogP contribution in [0.3, 0.4) is 0 Å². The Labute approximate surface area is 119 Å². The van der Waals surface area contributed by atoms with Gasteiger partial charge in [0.05, 0.1) is 7.05 Å². The van der Waals surface area contributed by atoms with Gasteiger partial charge in [0.1, 0.15) is 18.9 Å². The van der Waals surface area contributed by atoms with Crippen LogP contribution < -0.4 is 20.3 Å². The zero-order chi connectivity index (χ0) is 14.8. The molecule has 0 aromatic heterocycles. The molecule has 110 valence electrons. The number of quaternary nitrogens is 1. The number of urea groups is 1. The molecule has 0 saturated carbocycles. The Hall–Kier alpha value is -2.08. The predicted molar refractivity (Wildman–Crippen MR) is 75.8 cm³/mol. The highest BCUT2D eigenvalue weighted by atomic mass is 16.5. The van der Waals surface area contributed by atoms with Crippen molar-refractivity contribution in [3.05, 3.63) is 30.3 Å². The van der Waals surface area contributed by atoms with E-state index in [4.69, 9.17) is 4.74 Å². The molecule has 0 aliphatic carbocycles. The first-order chi connectivity index (χ1) is 9.61. The molecule has 1 rings (SSSR count). The van der Waals surface area contributed by atoms with E-state index in [1.54, 1.807) is 6.92 Å². The summed E-state index contributed by atoms with van der Waals surface area (Å²) < 4.78 is 5.55. The third kappa shape index (κ3) is 6.75. The summed E-state index contributed by atoms with van der Waals surface area (Å²) in [5.74, 6) is 0.514. The van der Waals surface area contributed by atoms with E-state index in [2.05, 4.69) is 10.6 Å². The average Bonchev–Trinajstić information content (AvgIpc) is 2.39. The van der Waals surface area contributed by atoms with Gasteiger partial charge in [-0.1, -0.05) is 18.2 Å². The highest BCUT2D eigenvalue weighted by Crippen LogP contribution is 2.06. The summed E-state index contributed by atoms with van der Waals surface area (Å²) >= 11 is 0. The standard InChI is InChI=1S/C14H21N3O3/c1-3-15-14(19)16-13(18)11-17(2)9-10-20-12-7-5-4-6-8-12/h4-8H,3,9-11H2,1-2H3,(H2,15,16,18,19)/p+1. The van der Waals surface area contributed by atoms with E-state index >= 15 is 0 Å². The van der Waals surface area contributed by atoms with Crippen LogP contribution in [0.4, 0.5) is 4.79 Å². The molecule has 0 bridgehead atoms. The van der Waals surface area contributed by atoms with Crippen LogP contribution in [0.25, 0.3) is 0 Å². The number of rotatable bonds is 7. The summed E-state index contributed by atoms with van der Waals surface area (Å²) in [5.41, 5.74) is 0. The van der Waals surface area contributed by atoms with Crippen LogP contribution in [0, 0.1) is 0 Å². The van der Waals surface area contributed by atoms with Gasteiger partial charge in [-0.15, -0.1) is 0 Å². The van der Waals surface area contributed by atoms with Gasteiger partial charge in [-0.25, -0.2) is 4.79 Å². The predicted octanol–water partition coefficient (Wildman–Crippen LogP) is -0.574. The van der Waals surface area contributed by atoms with Crippen LogP contribution in [0.5, 0.6) is 5.75 Å². The van der Waals surface area contributed by atoms with Gasteiger partial charge >= 0.3 is 6.03 Å². The summed E-state index contributed by atoms with van der Waals surface area (Å²) in [6.07, 6.45) is 0. The van der Waals surface area contributed by atoms with Gasteiger partial charge in [-0.3, -0.25) is 10.1 Å². The zero-order valence-electron chi connectivity index (χ0n) is 11.9. The number of para-hydroxylation sites is 1. The zero-order valence-corrected chi connectivity index (χ0v) is 11.9. The van der Waals surface area contributed by atoms with Crippen LogP contribution >= 0.6 is 0 Å². The van der Waals surface area contributed by atoms with Crippen LogP contribution in [0.15, 0.2) is 30.3 Å². The van der Waals surface area contributed by atoms with Crippen LogP contribution in [-0.2, 0) is 4.79 Å². The Bertz CT molecular complexity index is 423. The van der Waals surface area contributed by atoms with Crippen molar-refractivity contribution >= 4 is 11.9 Å². The second-order valence-electron chi connectivity index (χ2n) is 4.45. The highest BCUT2D eigenvalue weighted by Gasteiger charge is 2.12. The van der Waals surface area contributed by atoms with Gasteiger partial charge in [0.25, 0.3) is 5.91 Å². The Morgan fingerprint density at radius 1 is 1.25 bits per heavy atom. The topological polar surface area (TPSA) is 71.9 Å². The van der Waals surface area contributed by atoms with Crippen molar-refractivity contribution < 1.29 is 19.2 Å². The Balaban J connectivity index is 2.18. The van der Waals surface area contributed by atoms with Gasteiger partial charge in [-0.05, 0) is 19.1 Å². The van der Waals surface area contributed by atoms with Crippen molar-refractivity contribution in [3.8, 4) is 5.75 Å². The molecule has 1 aromatic carbocycles. The normalized spacial score (nSPS) is 11.5. The minimum absolute atomic E-state index is 0.231. The second-order valence-corrected chi connectivity index (χ2v) is 4.45. The van der Waals surface area contributed by atoms with Crippen molar-refractivity contribution in [1.82, 2.24) is 10.6 Å². The maximum absolute atomic E-state index is 11.5. The molecule has 1 unspecified atom stereocenters. The number of hydrogen-bond donors (Lipinski definition) is 3. The lowest BCUT2D eigenvalue weighted by Gasteiger charge is -2.14. The molecule has 20 heavy (non-hydrogen) atoms. The molecule has 0 saturated heterocycles. The highest BCUT2D eigenvalue weighted by molar-refractivity contribution is 5.94. The van der Waals surface area contributed by atoms with Gasteiger partial charge in [0.2, 0.25) is 0 Å². The molecule has 0 fully saturated rings. The number of carbonyl (C=O) groups is 2. The molecule has 6 heteroatoms. The number of ether oxygens (including phenoxy) is 1. The number of nitrogens with one attached hydrogen (secondary N) is 3. The van der Waals surface area contributed by atoms with Crippen LogP contribution in [0.2, 0.25) is 0 Å². The van der Waals surface area contributed by atoms with E-state index in [0.29, 0.717) is 19.7 Å². The molecular weight excluding hydrogens is 258 g/mol. The molecular formula is C14H22N3O3+. The summed E-state index contributed by atoms with van der Waals surface area (Å²) in [6, 6.07) is 9.06. The van der Waals surface area contributed by atoms with E-state index in [1.165, 1.54) is 0 Å². The lowest BCUT2D eigenvalue weighted by Crippen LogP contribution is -3.10. The van der Waals surface area contributed by atoms with Crippen molar-refractivity contribution in [2.75, 3.05) is 33.3 Å². The van der Waals surface area contributed by atoms with Crippen molar-refractivity contribution in [1.29, 1.82) is 0 Å². The average molecular weight is 280 g/mol. The van der Waals surface area contributed by atoms with E-state index in [-0.39, 0.29) is 12.5 Å². The smallest absolute Gasteiger partial charge is 0.321 e.